The molecule has 0 aliphatic heterocycles. The van der Waals surface area contributed by atoms with Crippen LogP contribution in [0.15, 0.2) is 0 Å². The van der Waals surface area contributed by atoms with Crippen molar-refractivity contribution >= 4 is 5.78 Å². The Morgan fingerprint density at radius 3 is 2.38 bits per heavy atom. The van der Waals surface area contributed by atoms with E-state index in [-0.39, 0.29) is 6.04 Å². The van der Waals surface area contributed by atoms with Crippen LogP contribution in [0.25, 0.3) is 0 Å². The van der Waals surface area contributed by atoms with Crippen molar-refractivity contribution in [1.29, 1.82) is 0 Å². The number of carbonyl (C=O) groups is 1. The SMILES string of the molecule is CCC1CCC(N(C)C2CCCC2=O)CC1. The number of carbonyl (C=O) groups excluding carboxylic acids is 1. The lowest BCUT2D eigenvalue weighted by Crippen LogP contribution is -2.44. The number of hydrogen-bond acceptors (Lipinski definition) is 2. The lowest BCUT2D eigenvalue weighted by Gasteiger charge is -2.37. The average molecular weight is 223 g/mol. The number of ketones is 1. The summed E-state index contributed by atoms with van der Waals surface area (Å²) in [5.74, 6) is 1.43. The monoisotopic (exact) mass is 223 g/mol. The Kier molecular flexibility index (Phi) is 4.01. The third kappa shape index (κ3) is 2.48. The van der Waals surface area contributed by atoms with Crippen LogP contribution in [-0.4, -0.2) is 29.8 Å². The van der Waals surface area contributed by atoms with Gasteiger partial charge in [0.15, 0.2) is 0 Å². The van der Waals surface area contributed by atoms with Gasteiger partial charge in [-0.05, 0) is 51.5 Å². The first-order valence-corrected chi connectivity index (χ1v) is 6.97. The maximum Gasteiger partial charge on any atom is 0.149 e. The molecule has 2 saturated carbocycles. The summed E-state index contributed by atoms with van der Waals surface area (Å²) in [6.45, 7) is 2.30. The van der Waals surface area contributed by atoms with Crippen molar-refractivity contribution in [1.82, 2.24) is 4.90 Å². The summed E-state index contributed by atoms with van der Waals surface area (Å²) in [7, 11) is 2.17. The van der Waals surface area contributed by atoms with Gasteiger partial charge >= 0.3 is 0 Å². The Bertz CT molecular complexity index is 243. The molecule has 2 heteroatoms. The van der Waals surface area contributed by atoms with E-state index in [1.807, 2.05) is 0 Å². The number of Topliss-reactive ketones (excluding diaryl/α,β-unsaturated/α-hetero) is 1. The van der Waals surface area contributed by atoms with E-state index in [2.05, 4.69) is 18.9 Å². The smallest absolute Gasteiger partial charge is 0.149 e. The zero-order chi connectivity index (χ0) is 11.5. The van der Waals surface area contributed by atoms with Gasteiger partial charge in [0, 0.05) is 12.5 Å². The minimum Gasteiger partial charge on any atom is -0.298 e. The summed E-state index contributed by atoms with van der Waals surface area (Å²) in [6, 6.07) is 0.929. The molecular formula is C14H25NO. The molecule has 0 aromatic carbocycles. The van der Waals surface area contributed by atoms with E-state index in [9.17, 15) is 4.79 Å². The molecule has 0 radical (unpaired) electrons. The minimum atomic E-state index is 0.253. The van der Waals surface area contributed by atoms with Crippen LogP contribution in [0.4, 0.5) is 0 Å². The van der Waals surface area contributed by atoms with Gasteiger partial charge in [-0.2, -0.15) is 0 Å². The molecule has 16 heavy (non-hydrogen) atoms. The van der Waals surface area contributed by atoms with Gasteiger partial charge in [-0.15, -0.1) is 0 Å². The lowest BCUT2D eigenvalue weighted by molar-refractivity contribution is -0.122. The second-order valence-corrected chi connectivity index (χ2v) is 5.62. The van der Waals surface area contributed by atoms with Gasteiger partial charge in [0.2, 0.25) is 0 Å². The van der Waals surface area contributed by atoms with Gasteiger partial charge in [-0.1, -0.05) is 13.3 Å². The number of rotatable bonds is 3. The van der Waals surface area contributed by atoms with Crippen molar-refractivity contribution in [2.45, 2.75) is 70.4 Å². The van der Waals surface area contributed by atoms with Crippen LogP contribution in [-0.2, 0) is 4.79 Å². The molecule has 92 valence electrons. The topological polar surface area (TPSA) is 20.3 Å². The minimum absolute atomic E-state index is 0.253. The first kappa shape index (κ1) is 12.1. The quantitative estimate of drug-likeness (QED) is 0.733. The summed E-state index contributed by atoms with van der Waals surface area (Å²) in [5, 5.41) is 0. The normalized spacial score (nSPS) is 35.9. The largest absolute Gasteiger partial charge is 0.298 e. The van der Waals surface area contributed by atoms with Crippen LogP contribution in [0.1, 0.15) is 58.3 Å². The van der Waals surface area contributed by atoms with Crippen molar-refractivity contribution in [3.05, 3.63) is 0 Å². The highest BCUT2D eigenvalue weighted by Crippen LogP contribution is 2.31. The predicted octanol–water partition coefficient (Wildman–Crippen LogP) is 3.01. The molecule has 0 spiro atoms. The fraction of sp³-hybridized carbons (Fsp3) is 0.929. The summed E-state index contributed by atoms with van der Waals surface area (Å²) in [5.41, 5.74) is 0. The summed E-state index contributed by atoms with van der Waals surface area (Å²) in [4.78, 5) is 14.1. The van der Waals surface area contributed by atoms with Gasteiger partial charge in [0.1, 0.15) is 5.78 Å². The van der Waals surface area contributed by atoms with Crippen LogP contribution < -0.4 is 0 Å². The predicted molar refractivity (Wildman–Crippen MR) is 66.4 cm³/mol. The Morgan fingerprint density at radius 2 is 1.88 bits per heavy atom. The van der Waals surface area contributed by atoms with E-state index in [1.54, 1.807) is 0 Å². The summed E-state index contributed by atoms with van der Waals surface area (Å²) >= 11 is 0. The van der Waals surface area contributed by atoms with Crippen LogP contribution in [0.2, 0.25) is 0 Å². The fourth-order valence-electron chi connectivity index (χ4n) is 3.44. The molecule has 0 amide bonds. The Balaban J connectivity index is 1.86. The summed E-state index contributed by atoms with van der Waals surface area (Å²) in [6.07, 6.45) is 9.70. The molecule has 2 fully saturated rings. The Hall–Kier alpha value is -0.370. The molecule has 0 bridgehead atoms. The van der Waals surface area contributed by atoms with Crippen molar-refractivity contribution in [2.24, 2.45) is 5.92 Å². The first-order valence-electron chi connectivity index (χ1n) is 6.97. The van der Waals surface area contributed by atoms with Crippen LogP contribution in [0.3, 0.4) is 0 Å². The molecule has 0 aromatic heterocycles. The molecule has 2 nitrogen and oxygen atoms in total. The third-order valence-corrected chi connectivity index (χ3v) is 4.73. The van der Waals surface area contributed by atoms with E-state index in [0.717, 1.165) is 25.2 Å². The second-order valence-electron chi connectivity index (χ2n) is 5.62. The van der Waals surface area contributed by atoms with Crippen molar-refractivity contribution < 1.29 is 4.79 Å². The summed E-state index contributed by atoms with van der Waals surface area (Å²) < 4.78 is 0. The van der Waals surface area contributed by atoms with Crippen molar-refractivity contribution in [3.8, 4) is 0 Å². The van der Waals surface area contributed by atoms with E-state index in [0.29, 0.717) is 11.8 Å². The highest BCUT2D eigenvalue weighted by Gasteiger charge is 2.33. The molecule has 2 aliphatic rings. The number of likely N-dealkylation sites (N-methyl/N-ethyl adjacent to an activating group) is 1. The van der Waals surface area contributed by atoms with Gasteiger partial charge in [0.05, 0.1) is 6.04 Å². The average Bonchev–Trinajstić information content (AvgIpc) is 2.75. The van der Waals surface area contributed by atoms with Gasteiger partial charge in [0.25, 0.3) is 0 Å². The molecule has 0 heterocycles. The Morgan fingerprint density at radius 1 is 1.19 bits per heavy atom. The maximum atomic E-state index is 11.7. The highest BCUT2D eigenvalue weighted by atomic mass is 16.1. The molecule has 2 rings (SSSR count). The van der Waals surface area contributed by atoms with Crippen molar-refractivity contribution in [3.63, 3.8) is 0 Å². The van der Waals surface area contributed by atoms with Gasteiger partial charge in [-0.3, -0.25) is 9.69 Å². The molecule has 0 N–H and O–H groups in total. The first-order chi connectivity index (χ1) is 7.72. The van der Waals surface area contributed by atoms with E-state index in [4.69, 9.17) is 0 Å². The van der Waals surface area contributed by atoms with E-state index in [1.165, 1.54) is 32.1 Å². The number of nitrogens with zero attached hydrogens (tertiary/aromatic N) is 1. The van der Waals surface area contributed by atoms with Gasteiger partial charge < -0.3 is 0 Å². The fourth-order valence-corrected chi connectivity index (χ4v) is 3.44. The second kappa shape index (κ2) is 5.31. The van der Waals surface area contributed by atoms with Crippen LogP contribution >= 0.6 is 0 Å². The molecule has 1 unspecified atom stereocenters. The van der Waals surface area contributed by atoms with E-state index < -0.39 is 0 Å². The van der Waals surface area contributed by atoms with Crippen molar-refractivity contribution in [2.75, 3.05) is 7.05 Å². The molecule has 0 aromatic rings. The molecule has 0 saturated heterocycles. The van der Waals surface area contributed by atoms with Crippen LogP contribution in [0.5, 0.6) is 0 Å². The maximum absolute atomic E-state index is 11.7. The zero-order valence-electron chi connectivity index (χ0n) is 10.7. The highest BCUT2D eigenvalue weighted by molar-refractivity contribution is 5.85. The molecule has 2 aliphatic carbocycles. The molecule has 1 atom stereocenters. The van der Waals surface area contributed by atoms with Crippen LogP contribution in [0, 0.1) is 5.92 Å². The van der Waals surface area contributed by atoms with E-state index >= 15 is 0 Å². The third-order valence-electron chi connectivity index (χ3n) is 4.73. The van der Waals surface area contributed by atoms with Gasteiger partial charge in [-0.25, -0.2) is 0 Å². The molecular weight excluding hydrogens is 198 g/mol. The zero-order valence-corrected chi connectivity index (χ0v) is 10.7. The standard InChI is InChI=1S/C14H25NO/c1-3-11-7-9-12(10-8-11)15(2)13-5-4-6-14(13)16/h11-13H,3-10H2,1-2H3. The number of hydrogen-bond donors (Lipinski definition) is 0. The Labute approximate surface area is 99.4 Å². The lowest BCUT2D eigenvalue weighted by atomic mass is 9.83.